The number of rotatable bonds is 13. The molecule has 0 radical (unpaired) electrons. The molecule has 4 saturated carbocycles. The number of esters is 1. The molecule has 8 heteroatoms. The summed E-state index contributed by atoms with van der Waals surface area (Å²) in [5, 5.41) is 10.3. The fraction of sp³-hybridized carbons (Fsp3) is 0.761. The van der Waals surface area contributed by atoms with E-state index in [1.54, 1.807) is 19.4 Å². The largest absolute Gasteiger partial charge is 0.481 e. The van der Waals surface area contributed by atoms with Gasteiger partial charge in [-0.15, -0.1) is 0 Å². The Kier molecular flexibility index (Phi) is 12.0. The Bertz CT molecular complexity index is 1600. The van der Waals surface area contributed by atoms with Gasteiger partial charge in [-0.2, -0.15) is 0 Å². The predicted octanol–water partition coefficient (Wildman–Crippen LogP) is 9.71. The van der Waals surface area contributed by atoms with Gasteiger partial charge in [-0.1, -0.05) is 63.9 Å². The summed E-state index contributed by atoms with van der Waals surface area (Å²) in [5.74, 6) is 1.67. The lowest BCUT2D eigenvalue weighted by atomic mass is 9.38. The second-order valence-corrected chi connectivity index (χ2v) is 20.6. The third kappa shape index (κ3) is 7.73. The van der Waals surface area contributed by atoms with Crippen molar-refractivity contribution in [3.8, 4) is 0 Å². The molecule has 1 aromatic rings. The number of hydrogen-bond acceptors (Lipinski definition) is 6. The molecule has 300 valence electrons. The van der Waals surface area contributed by atoms with Gasteiger partial charge in [0.15, 0.2) is 5.78 Å². The van der Waals surface area contributed by atoms with Crippen molar-refractivity contribution >= 4 is 29.3 Å². The van der Waals surface area contributed by atoms with E-state index in [2.05, 4.69) is 70.6 Å². The van der Waals surface area contributed by atoms with E-state index in [1.807, 2.05) is 12.1 Å². The van der Waals surface area contributed by atoms with Crippen LogP contribution < -0.4 is 0 Å². The Morgan fingerprint density at radius 2 is 1.59 bits per heavy atom. The van der Waals surface area contributed by atoms with Gasteiger partial charge in [0.05, 0.1) is 11.8 Å². The van der Waals surface area contributed by atoms with Gasteiger partial charge in [-0.3, -0.25) is 19.3 Å². The number of aliphatic carboxylic acids is 1. The normalized spacial score (nSPS) is 35.2. The van der Waals surface area contributed by atoms with E-state index in [1.165, 1.54) is 36.8 Å². The monoisotopic (exact) mass is 764 g/mol. The molecular weight excluding hydrogens is 696 g/mol. The molecule has 0 bridgehead atoms. The Balaban J connectivity index is 1.21. The van der Waals surface area contributed by atoms with E-state index < -0.39 is 11.4 Å². The Morgan fingerprint density at radius 1 is 0.944 bits per heavy atom. The summed E-state index contributed by atoms with van der Waals surface area (Å²) < 4.78 is 6.09. The van der Waals surface area contributed by atoms with Gasteiger partial charge in [0.25, 0.3) is 0 Å². The summed E-state index contributed by atoms with van der Waals surface area (Å²) in [7, 11) is 4.28. The molecule has 7 nitrogen and oxygen atoms in total. The Morgan fingerprint density at radius 3 is 2.24 bits per heavy atom. The van der Waals surface area contributed by atoms with Crippen molar-refractivity contribution < 1.29 is 24.2 Å². The highest BCUT2D eigenvalue weighted by atomic mass is 35.5. The number of nitrogens with zero attached hydrogens (tertiary/aromatic N) is 2. The van der Waals surface area contributed by atoms with Crippen molar-refractivity contribution in [1.29, 1.82) is 0 Å². The Hall–Kier alpha value is -2.22. The number of halogens is 1. The summed E-state index contributed by atoms with van der Waals surface area (Å²) in [4.78, 5) is 43.7. The van der Waals surface area contributed by atoms with Crippen molar-refractivity contribution in [2.75, 3.05) is 33.7 Å². The molecule has 6 rings (SSSR count). The maximum Gasteiger partial charge on any atom is 0.309 e. The van der Waals surface area contributed by atoms with E-state index in [4.69, 9.17) is 16.3 Å². The molecule has 0 amide bonds. The predicted molar refractivity (Wildman–Crippen MR) is 216 cm³/mol. The lowest BCUT2D eigenvalue weighted by molar-refractivity contribution is -0.192. The van der Waals surface area contributed by atoms with Crippen LogP contribution in [0.1, 0.15) is 125 Å². The minimum absolute atomic E-state index is 0.0375. The van der Waals surface area contributed by atoms with Gasteiger partial charge in [-0.25, -0.2) is 0 Å². The number of carbonyl (C=O) groups excluding carboxylic acids is 2. The smallest absolute Gasteiger partial charge is 0.309 e. The first-order valence-corrected chi connectivity index (χ1v) is 21.5. The van der Waals surface area contributed by atoms with Crippen molar-refractivity contribution in [3.63, 3.8) is 0 Å². The number of carboxylic acid groups (broad SMARTS) is 1. The molecule has 5 aliphatic carbocycles. The zero-order valence-electron chi connectivity index (χ0n) is 34.8. The van der Waals surface area contributed by atoms with Crippen molar-refractivity contribution in [1.82, 2.24) is 9.80 Å². The van der Waals surface area contributed by atoms with E-state index in [0.29, 0.717) is 35.9 Å². The van der Waals surface area contributed by atoms with E-state index in [9.17, 15) is 19.5 Å². The number of ketones is 1. The fourth-order valence-corrected chi connectivity index (χ4v) is 13.1. The average molecular weight is 766 g/mol. The second kappa shape index (κ2) is 15.6. The van der Waals surface area contributed by atoms with Crippen LogP contribution in [0.3, 0.4) is 0 Å². The lowest BCUT2D eigenvalue weighted by Crippen LogP contribution is -2.60. The summed E-state index contributed by atoms with van der Waals surface area (Å²) >= 11 is 6.24. The highest BCUT2D eigenvalue weighted by Gasteiger charge is 2.65. The number of carbonyl (C=O) groups is 3. The van der Waals surface area contributed by atoms with Crippen LogP contribution in [0, 0.1) is 57.2 Å². The number of ether oxygens (including phenoxy) is 1. The first-order valence-electron chi connectivity index (χ1n) is 21.1. The van der Waals surface area contributed by atoms with Crippen LogP contribution in [0.4, 0.5) is 0 Å². The van der Waals surface area contributed by atoms with Gasteiger partial charge >= 0.3 is 11.9 Å². The number of Topliss-reactive ketones (excluding diaryl/α,β-unsaturated/α-hetero) is 1. The summed E-state index contributed by atoms with van der Waals surface area (Å²) in [6, 6.07) is 8.27. The molecule has 9 atom stereocenters. The highest BCUT2D eigenvalue weighted by Crippen LogP contribution is 2.72. The minimum atomic E-state index is -1.13. The maximum absolute atomic E-state index is 14.1. The van der Waals surface area contributed by atoms with Gasteiger partial charge in [0.2, 0.25) is 0 Å². The summed E-state index contributed by atoms with van der Waals surface area (Å²) in [6.07, 6.45) is 10.3. The minimum Gasteiger partial charge on any atom is -0.481 e. The average Bonchev–Trinajstić information content (AvgIpc) is 3.40. The van der Waals surface area contributed by atoms with E-state index in [-0.39, 0.29) is 46.6 Å². The van der Waals surface area contributed by atoms with Crippen LogP contribution in [-0.2, 0) is 25.7 Å². The van der Waals surface area contributed by atoms with Crippen LogP contribution in [0.15, 0.2) is 35.4 Å². The zero-order valence-corrected chi connectivity index (χ0v) is 35.6. The fourth-order valence-electron chi connectivity index (χ4n) is 13.0. The zero-order chi connectivity index (χ0) is 39.4. The topological polar surface area (TPSA) is 87.2 Å². The molecule has 4 fully saturated rings. The molecule has 0 saturated heterocycles. The van der Waals surface area contributed by atoms with Crippen molar-refractivity contribution in [2.45, 2.75) is 132 Å². The number of likely N-dealkylation sites (N-methyl/N-ethyl adjacent to an activating group) is 1. The van der Waals surface area contributed by atoms with Gasteiger partial charge in [0.1, 0.15) is 6.10 Å². The molecule has 0 spiro atoms. The van der Waals surface area contributed by atoms with Crippen LogP contribution in [0.2, 0.25) is 5.02 Å². The summed E-state index contributed by atoms with van der Waals surface area (Å²) in [5.41, 5.74) is 3.23. The third-order valence-corrected chi connectivity index (χ3v) is 16.1. The molecule has 5 aliphatic rings. The lowest BCUT2D eigenvalue weighted by Gasteiger charge is -2.67. The molecule has 9 unspecified atom stereocenters. The summed E-state index contributed by atoms with van der Waals surface area (Å²) in [6.45, 7) is 19.0. The number of hydrogen-bond donors (Lipinski definition) is 1. The number of fused-ring (bicyclic) bond motifs is 7. The standard InChI is InChI=1S/C46H69ClN2O5/c1-29(2)40-36(50)26-46(22-23-49(25-24-48(8)9)28-31-10-12-32(47)13-11-31)21-17-35-33(41(40)46)14-15-38-44(6)20-18-37(30(3)34(44)16-19-45(35,38)7)54-39(51)27-43(4,5)42(52)53/h10-13,29-30,33-35,37-38H,14-28H2,1-9H3,(H,52,53). The maximum atomic E-state index is 14.1. The van der Waals surface area contributed by atoms with Crippen molar-refractivity contribution in [3.05, 3.63) is 46.0 Å². The quantitative estimate of drug-likeness (QED) is 0.200. The number of benzene rings is 1. The molecule has 1 aromatic carbocycles. The van der Waals surface area contributed by atoms with Crippen molar-refractivity contribution in [2.24, 2.45) is 57.2 Å². The van der Waals surface area contributed by atoms with E-state index in [0.717, 1.165) is 63.3 Å². The third-order valence-electron chi connectivity index (χ3n) is 15.8. The van der Waals surface area contributed by atoms with Crippen LogP contribution in [0.5, 0.6) is 0 Å². The SMILES string of the molecule is CC(C)C1=C2C3CCC4C(C)(CCC5C(C)C(OC(=O)CC(C)(C)C(=O)O)CCC54C)C3CCC2(CCN(CCN(C)C)Cc2ccc(Cl)cc2)CC1=O. The molecule has 54 heavy (non-hydrogen) atoms. The van der Waals surface area contributed by atoms with Gasteiger partial charge < -0.3 is 14.7 Å². The van der Waals surface area contributed by atoms with Gasteiger partial charge in [0, 0.05) is 36.5 Å². The number of allylic oxidation sites excluding steroid dienone is 2. The first-order chi connectivity index (χ1) is 25.3. The molecule has 0 aliphatic heterocycles. The molecular formula is C46H69ClN2O5. The van der Waals surface area contributed by atoms with Gasteiger partial charge in [-0.05, 0) is 162 Å². The molecule has 0 aromatic heterocycles. The Labute approximate surface area is 331 Å². The highest BCUT2D eigenvalue weighted by molar-refractivity contribution is 6.30. The first kappa shape index (κ1) is 41.4. The molecule has 1 N–H and O–H groups in total. The van der Waals surface area contributed by atoms with Crippen LogP contribution >= 0.6 is 11.6 Å². The van der Waals surface area contributed by atoms with Crippen LogP contribution in [0.25, 0.3) is 0 Å². The van der Waals surface area contributed by atoms with Crippen LogP contribution in [-0.4, -0.2) is 72.5 Å². The number of carboxylic acids is 1. The molecule has 0 heterocycles. The second-order valence-electron chi connectivity index (χ2n) is 20.1. The van der Waals surface area contributed by atoms with E-state index >= 15 is 0 Å².